The number of carbonyl (C=O) groups excluding carboxylic acids is 1. The van der Waals surface area contributed by atoms with Crippen LogP contribution in [0.15, 0.2) is 0 Å². The van der Waals surface area contributed by atoms with E-state index >= 15 is 0 Å². The second-order valence-corrected chi connectivity index (χ2v) is 7.91. The quantitative estimate of drug-likeness (QED) is 0.284. The lowest BCUT2D eigenvalue weighted by molar-refractivity contribution is -0.128. The van der Waals surface area contributed by atoms with E-state index in [1.165, 1.54) is 0 Å². The van der Waals surface area contributed by atoms with Gasteiger partial charge in [0.2, 0.25) is 5.91 Å². The maximum Gasteiger partial charge on any atom is 0.229 e. The van der Waals surface area contributed by atoms with Crippen LogP contribution in [0.1, 0.15) is 12.8 Å². The van der Waals surface area contributed by atoms with Crippen molar-refractivity contribution >= 4 is 5.91 Å². The van der Waals surface area contributed by atoms with Crippen LogP contribution >= 0.6 is 0 Å². The molecule has 4 heterocycles. The van der Waals surface area contributed by atoms with Gasteiger partial charge in [-0.15, -0.1) is 0 Å². The van der Waals surface area contributed by atoms with Crippen LogP contribution in [-0.2, 0) is 4.79 Å². The molecule has 4 aliphatic rings. The van der Waals surface area contributed by atoms with E-state index in [-0.39, 0.29) is 31.2 Å². The van der Waals surface area contributed by atoms with Crippen LogP contribution in [-0.4, -0.2) is 74.7 Å². The van der Waals surface area contributed by atoms with E-state index in [1.54, 1.807) is 5.01 Å². The molecule has 4 aliphatic heterocycles. The number of carbonyl (C=O) groups is 1. The molecule has 0 spiro atoms. The smallest absolute Gasteiger partial charge is 0.229 e. The molecule has 0 aromatic carbocycles. The van der Waals surface area contributed by atoms with Crippen LogP contribution in [0.3, 0.4) is 0 Å². The van der Waals surface area contributed by atoms with Gasteiger partial charge in [0, 0.05) is 38.8 Å². The Labute approximate surface area is 153 Å². The third-order valence-electron chi connectivity index (χ3n) is 6.22. The molecule has 4 saturated heterocycles. The number of piperidine rings is 1. The highest BCUT2D eigenvalue weighted by molar-refractivity contribution is 5.80. The summed E-state index contributed by atoms with van der Waals surface area (Å²) in [6.07, 6.45) is 0.460. The predicted molar refractivity (Wildman–Crippen MR) is 95.0 cm³/mol. The SMILES string of the molecule is NC1NN2CC(F)CNC2C1C(=O)NC1CNCCC1C1CCNNC1. The lowest BCUT2D eigenvalue weighted by Crippen LogP contribution is -2.61. The van der Waals surface area contributed by atoms with Gasteiger partial charge in [-0.05, 0) is 31.2 Å². The molecule has 0 radical (unpaired) electrons. The van der Waals surface area contributed by atoms with E-state index < -0.39 is 18.3 Å². The van der Waals surface area contributed by atoms with Crippen LogP contribution in [0.5, 0.6) is 0 Å². The van der Waals surface area contributed by atoms with E-state index in [4.69, 9.17) is 5.73 Å². The summed E-state index contributed by atoms with van der Waals surface area (Å²) in [6.45, 7) is 4.16. The molecule has 0 saturated carbocycles. The summed E-state index contributed by atoms with van der Waals surface area (Å²) in [6, 6.07) is 0.0971. The van der Waals surface area contributed by atoms with Crippen molar-refractivity contribution in [1.29, 1.82) is 0 Å². The van der Waals surface area contributed by atoms with Crippen molar-refractivity contribution < 1.29 is 9.18 Å². The average molecular weight is 370 g/mol. The minimum absolute atomic E-state index is 0.0529. The number of hydrazine groups is 2. The Kier molecular flexibility index (Phi) is 5.69. The molecule has 8 N–H and O–H groups in total. The maximum atomic E-state index is 13.6. The van der Waals surface area contributed by atoms with Crippen molar-refractivity contribution in [3.05, 3.63) is 0 Å². The molecular weight excluding hydrogens is 339 g/mol. The van der Waals surface area contributed by atoms with Gasteiger partial charge in [-0.25, -0.2) is 14.8 Å². The summed E-state index contributed by atoms with van der Waals surface area (Å²) in [4.78, 5) is 13.0. The molecule has 0 aromatic heterocycles. The van der Waals surface area contributed by atoms with Gasteiger partial charge in [-0.1, -0.05) is 0 Å². The number of hydrogen-bond acceptors (Lipinski definition) is 8. The van der Waals surface area contributed by atoms with Gasteiger partial charge < -0.3 is 16.4 Å². The zero-order valence-electron chi connectivity index (χ0n) is 15.0. The van der Waals surface area contributed by atoms with Gasteiger partial charge >= 0.3 is 0 Å². The molecule has 10 heteroatoms. The summed E-state index contributed by atoms with van der Waals surface area (Å²) in [7, 11) is 0. The first-order valence-electron chi connectivity index (χ1n) is 9.76. The third-order valence-corrected chi connectivity index (χ3v) is 6.22. The number of alkyl halides is 1. The van der Waals surface area contributed by atoms with Gasteiger partial charge in [0.05, 0.1) is 18.2 Å². The van der Waals surface area contributed by atoms with Crippen molar-refractivity contribution in [3.8, 4) is 0 Å². The van der Waals surface area contributed by atoms with Crippen molar-refractivity contribution in [2.24, 2.45) is 23.5 Å². The minimum atomic E-state index is -0.952. The molecule has 9 nitrogen and oxygen atoms in total. The number of halogens is 1. The highest BCUT2D eigenvalue weighted by Gasteiger charge is 2.47. The van der Waals surface area contributed by atoms with E-state index in [1.807, 2.05) is 0 Å². The third kappa shape index (κ3) is 3.72. The fourth-order valence-electron chi connectivity index (χ4n) is 4.88. The standard InChI is InChI=1S/C16H31FN8O/c17-10-6-20-15-13(14(18)24-25(15)8-10)16(26)23-12-7-19-3-2-11(12)9-1-4-21-22-5-9/h9-15,19-22,24H,1-8,18H2,(H,23,26). The van der Waals surface area contributed by atoms with E-state index in [0.29, 0.717) is 11.8 Å². The molecule has 0 aliphatic carbocycles. The maximum absolute atomic E-state index is 13.6. The summed E-state index contributed by atoms with van der Waals surface area (Å²) < 4.78 is 13.6. The monoisotopic (exact) mass is 370 g/mol. The van der Waals surface area contributed by atoms with Gasteiger partial charge in [-0.3, -0.25) is 21.0 Å². The summed E-state index contributed by atoms with van der Waals surface area (Å²) in [5, 5.41) is 11.5. The van der Waals surface area contributed by atoms with Gasteiger partial charge in [0.15, 0.2) is 0 Å². The second-order valence-electron chi connectivity index (χ2n) is 7.91. The van der Waals surface area contributed by atoms with Crippen molar-refractivity contribution in [2.45, 2.75) is 37.4 Å². The predicted octanol–water partition coefficient (Wildman–Crippen LogP) is -2.82. The number of amides is 1. The molecule has 7 unspecified atom stereocenters. The Bertz CT molecular complexity index is 505. The first kappa shape index (κ1) is 18.5. The zero-order valence-corrected chi connectivity index (χ0v) is 15.0. The number of rotatable bonds is 3. The van der Waals surface area contributed by atoms with Crippen LogP contribution < -0.4 is 38.0 Å². The summed E-state index contributed by atoms with van der Waals surface area (Å²) in [5.41, 5.74) is 15.6. The number of nitrogens with one attached hydrogen (secondary N) is 6. The van der Waals surface area contributed by atoms with Crippen molar-refractivity contribution in [1.82, 2.24) is 37.2 Å². The molecule has 0 aromatic rings. The molecule has 7 atom stereocenters. The lowest BCUT2D eigenvalue weighted by Gasteiger charge is -2.40. The van der Waals surface area contributed by atoms with Crippen LogP contribution in [0.25, 0.3) is 0 Å². The highest BCUT2D eigenvalue weighted by atomic mass is 19.1. The first-order chi connectivity index (χ1) is 12.6. The number of fused-ring (bicyclic) bond motifs is 1. The zero-order chi connectivity index (χ0) is 18.1. The summed E-state index contributed by atoms with van der Waals surface area (Å²) in [5.74, 6) is 0.515. The second kappa shape index (κ2) is 8.01. The van der Waals surface area contributed by atoms with E-state index in [9.17, 15) is 9.18 Å². The Morgan fingerprint density at radius 2 is 2.04 bits per heavy atom. The molecule has 4 rings (SSSR count). The van der Waals surface area contributed by atoms with E-state index in [0.717, 1.165) is 39.0 Å². The lowest BCUT2D eigenvalue weighted by atomic mass is 9.79. The van der Waals surface area contributed by atoms with Crippen molar-refractivity contribution in [2.75, 3.05) is 39.3 Å². The molecule has 26 heavy (non-hydrogen) atoms. The first-order valence-corrected chi connectivity index (χ1v) is 9.76. The number of hydrogen-bond donors (Lipinski definition) is 7. The van der Waals surface area contributed by atoms with Crippen LogP contribution in [0.4, 0.5) is 4.39 Å². The van der Waals surface area contributed by atoms with Crippen LogP contribution in [0.2, 0.25) is 0 Å². The normalized spacial score (nSPS) is 44.5. The number of nitrogens with zero attached hydrogens (tertiary/aromatic N) is 1. The van der Waals surface area contributed by atoms with E-state index in [2.05, 4.69) is 32.2 Å². The van der Waals surface area contributed by atoms with Crippen LogP contribution in [0, 0.1) is 17.8 Å². The fourth-order valence-corrected chi connectivity index (χ4v) is 4.88. The van der Waals surface area contributed by atoms with Gasteiger partial charge in [0.25, 0.3) is 0 Å². The summed E-state index contributed by atoms with van der Waals surface area (Å²) >= 11 is 0. The minimum Gasteiger partial charge on any atom is -0.351 e. The van der Waals surface area contributed by atoms with Gasteiger partial charge in [0.1, 0.15) is 6.17 Å². The van der Waals surface area contributed by atoms with Crippen molar-refractivity contribution in [3.63, 3.8) is 0 Å². The fraction of sp³-hybridized carbons (Fsp3) is 0.938. The Morgan fingerprint density at radius 3 is 2.85 bits per heavy atom. The Balaban J connectivity index is 1.41. The Hall–Kier alpha value is -0.880. The topological polar surface area (TPSA) is 119 Å². The average Bonchev–Trinajstić information content (AvgIpc) is 2.97. The molecular formula is C16H31FN8O. The highest BCUT2D eigenvalue weighted by Crippen LogP contribution is 2.27. The molecule has 4 fully saturated rings. The molecule has 148 valence electrons. The van der Waals surface area contributed by atoms with Gasteiger partial charge in [-0.2, -0.15) is 0 Å². The largest absolute Gasteiger partial charge is 0.351 e. The number of nitrogens with two attached hydrogens (primary N) is 1. The Morgan fingerprint density at radius 1 is 1.15 bits per heavy atom. The molecule has 0 bridgehead atoms. The molecule has 1 amide bonds.